The highest BCUT2D eigenvalue weighted by Gasteiger charge is 2.37. The molecule has 11 heteroatoms. The second kappa shape index (κ2) is 9.56. The van der Waals surface area contributed by atoms with E-state index in [0.717, 1.165) is 48.5 Å². The molecule has 0 spiro atoms. The number of rotatable bonds is 3. The molecule has 4 heterocycles. The lowest BCUT2D eigenvalue weighted by molar-refractivity contribution is -0.139. The van der Waals surface area contributed by atoms with Gasteiger partial charge in [-0.05, 0) is 55.2 Å². The molecule has 2 saturated heterocycles. The van der Waals surface area contributed by atoms with Gasteiger partial charge in [0.05, 0.1) is 30.1 Å². The second-order valence-corrected chi connectivity index (χ2v) is 10.3. The lowest BCUT2D eigenvalue weighted by atomic mass is 9.95. The van der Waals surface area contributed by atoms with E-state index in [2.05, 4.69) is 19.7 Å². The summed E-state index contributed by atoms with van der Waals surface area (Å²) in [4.78, 5) is 4.05. The van der Waals surface area contributed by atoms with Crippen LogP contribution >= 0.6 is 11.6 Å². The second-order valence-electron chi connectivity index (χ2n) is 9.90. The summed E-state index contributed by atoms with van der Waals surface area (Å²) in [5, 5.41) is 9.81. The molecule has 0 bridgehead atoms. The fourth-order valence-electron chi connectivity index (χ4n) is 5.74. The van der Waals surface area contributed by atoms with Crippen molar-refractivity contribution in [2.75, 3.05) is 31.2 Å². The van der Waals surface area contributed by atoms with Gasteiger partial charge in [-0.2, -0.15) is 13.2 Å². The van der Waals surface area contributed by atoms with Crippen molar-refractivity contribution in [2.24, 2.45) is 0 Å². The highest BCUT2D eigenvalue weighted by molar-refractivity contribution is 6.30. The van der Waals surface area contributed by atoms with E-state index in [-0.39, 0.29) is 11.6 Å². The Morgan fingerprint density at radius 2 is 1.78 bits per heavy atom. The number of alkyl halides is 3. The van der Waals surface area contributed by atoms with Crippen LogP contribution in [0.25, 0.3) is 5.69 Å². The Morgan fingerprint density at radius 1 is 0.973 bits per heavy atom. The Balaban J connectivity index is 1.28. The van der Waals surface area contributed by atoms with E-state index in [1.165, 1.54) is 12.1 Å². The van der Waals surface area contributed by atoms with Crippen LogP contribution in [0.15, 0.2) is 36.4 Å². The van der Waals surface area contributed by atoms with E-state index in [0.29, 0.717) is 50.1 Å². The highest BCUT2D eigenvalue weighted by atomic mass is 35.5. The molecule has 2 fully saturated rings. The topological polar surface area (TPSA) is 46.4 Å². The van der Waals surface area contributed by atoms with Gasteiger partial charge in [0.15, 0.2) is 11.6 Å². The number of nitrogens with zero attached hydrogens (tertiary/aromatic N) is 5. The van der Waals surface area contributed by atoms with Gasteiger partial charge in [0.2, 0.25) is 0 Å². The van der Waals surface area contributed by atoms with Gasteiger partial charge in [0.25, 0.3) is 0 Å². The van der Waals surface area contributed by atoms with Crippen LogP contribution in [0.2, 0.25) is 5.02 Å². The van der Waals surface area contributed by atoms with Gasteiger partial charge in [-0.1, -0.05) is 17.7 Å². The SMILES string of the molecule is Fc1c(N2CCC(c3nnc4n3-c3ccc(Cl)cc3CN([C@@H]3CCOC3)C4)CC2)cccc1C(F)(F)F. The summed E-state index contributed by atoms with van der Waals surface area (Å²) in [5.74, 6) is 0.490. The molecule has 6 rings (SSSR count). The lowest BCUT2D eigenvalue weighted by Crippen LogP contribution is -2.34. The van der Waals surface area contributed by atoms with Crippen molar-refractivity contribution in [2.45, 2.75) is 50.5 Å². The van der Waals surface area contributed by atoms with Gasteiger partial charge in [0.1, 0.15) is 5.82 Å². The summed E-state index contributed by atoms with van der Waals surface area (Å²) in [7, 11) is 0. The standard InChI is InChI=1S/C26H26ClF4N5O/c27-18-4-5-21-17(12-18)13-35(19-8-11-37-15-19)14-23-32-33-25(36(21)23)16-6-9-34(10-7-16)22-3-1-2-20(24(22)28)26(29,30)31/h1-5,12,16,19H,6-11,13-15H2/t19-/m1/s1. The summed E-state index contributed by atoms with van der Waals surface area (Å²) in [6, 6.07) is 9.59. The van der Waals surface area contributed by atoms with E-state index in [1.54, 1.807) is 4.90 Å². The molecule has 3 aromatic rings. The number of aromatic nitrogens is 3. The maximum absolute atomic E-state index is 14.7. The molecule has 0 radical (unpaired) electrons. The lowest BCUT2D eigenvalue weighted by Gasteiger charge is -2.34. The predicted octanol–water partition coefficient (Wildman–Crippen LogP) is 5.57. The van der Waals surface area contributed by atoms with Crippen LogP contribution in [0.3, 0.4) is 0 Å². The van der Waals surface area contributed by atoms with Gasteiger partial charge in [-0.25, -0.2) is 4.39 Å². The van der Waals surface area contributed by atoms with Crippen molar-refractivity contribution >= 4 is 17.3 Å². The maximum atomic E-state index is 14.7. The molecule has 37 heavy (non-hydrogen) atoms. The third-order valence-electron chi connectivity index (χ3n) is 7.66. The van der Waals surface area contributed by atoms with Gasteiger partial charge in [-0.3, -0.25) is 9.47 Å². The van der Waals surface area contributed by atoms with Crippen LogP contribution in [0, 0.1) is 5.82 Å². The first-order chi connectivity index (χ1) is 17.8. The largest absolute Gasteiger partial charge is 0.419 e. The molecule has 2 aromatic carbocycles. The van der Waals surface area contributed by atoms with Gasteiger partial charge in [-0.15, -0.1) is 10.2 Å². The molecule has 1 aromatic heterocycles. The van der Waals surface area contributed by atoms with Crippen molar-refractivity contribution in [3.8, 4) is 5.69 Å². The molecule has 0 unspecified atom stereocenters. The summed E-state index contributed by atoms with van der Waals surface area (Å²) >= 11 is 6.36. The van der Waals surface area contributed by atoms with Crippen molar-refractivity contribution < 1.29 is 22.3 Å². The molecule has 0 saturated carbocycles. The van der Waals surface area contributed by atoms with Crippen LogP contribution in [-0.4, -0.2) is 52.0 Å². The summed E-state index contributed by atoms with van der Waals surface area (Å²) in [6.07, 6.45) is -2.53. The van der Waals surface area contributed by atoms with Crippen LogP contribution in [-0.2, 0) is 24.0 Å². The monoisotopic (exact) mass is 535 g/mol. The van der Waals surface area contributed by atoms with E-state index < -0.39 is 17.6 Å². The van der Waals surface area contributed by atoms with Crippen molar-refractivity contribution in [1.29, 1.82) is 0 Å². The first-order valence-electron chi connectivity index (χ1n) is 12.4. The van der Waals surface area contributed by atoms with Gasteiger partial charge < -0.3 is 9.64 Å². The third kappa shape index (κ3) is 4.59. The van der Waals surface area contributed by atoms with Crippen LogP contribution < -0.4 is 4.90 Å². The number of piperidine rings is 1. The van der Waals surface area contributed by atoms with Crippen LogP contribution in [0.5, 0.6) is 0 Å². The quantitative estimate of drug-likeness (QED) is 0.411. The van der Waals surface area contributed by atoms with Crippen molar-refractivity contribution in [3.05, 3.63) is 70.0 Å². The molecule has 0 amide bonds. The van der Waals surface area contributed by atoms with Crippen LogP contribution in [0.1, 0.15) is 48.0 Å². The van der Waals surface area contributed by atoms with Gasteiger partial charge >= 0.3 is 6.18 Å². The Labute approximate surface area is 216 Å². The number of ether oxygens (including phenoxy) is 1. The minimum atomic E-state index is -4.73. The summed E-state index contributed by atoms with van der Waals surface area (Å²) < 4.78 is 62.1. The number of fused-ring (bicyclic) bond motifs is 3. The summed E-state index contributed by atoms with van der Waals surface area (Å²) in [6.45, 7) is 3.61. The Hall–Kier alpha value is -2.69. The molecule has 0 N–H and O–H groups in total. The molecule has 0 aliphatic carbocycles. The first-order valence-corrected chi connectivity index (χ1v) is 12.8. The number of hydrogen-bond donors (Lipinski definition) is 0. The zero-order valence-electron chi connectivity index (χ0n) is 20.0. The van der Waals surface area contributed by atoms with E-state index in [9.17, 15) is 17.6 Å². The fraction of sp³-hybridized carbons (Fsp3) is 0.462. The molecular formula is C26H26ClF4N5O. The highest BCUT2D eigenvalue weighted by Crippen LogP contribution is 2.38. The normalized spacial score (nSPS) is 21.1. The smallest absolute Gasteiger partial charge is 0.380 e. The maximum Gasteiger partial charge on any atom is 0.419 e. The zero-order valence-corrected chi connectivity index (χ0v) is 20.8. The molecule has 196 valence electrons. The Morgan fingerprint density at radius 3 is 2.51 bits per heavy atom. The Kier molecular flexibility index (Phi) is 6.37. The predicted molar refractivity (Wildman–Crippen MR) is 130 cm³/mol. The third-order valence-corrected chi connectivity index (χ3v) is 7.90. The van der Waals surface area contributed by atoms with E-state index in [4.69, 9.17) is 16.3 Å². The zero-order chi connectivity index (χ0) is 25.7. The number of halogens is 5. The average molecular weight is 536 g/mol. The van der Waals surface area contributed by atoms with E-state index >= 15 is 0 Å². The molecule has 1 atom stereocenters. The minimum Gasteiger partial charge on any atom is -0.380 e. The number of anilines is 1. The molecule has 6 nitrogen and oxygen atoms in total. The van der Waals surface area contributed by atoms with Crippen LogP contribution in [0.4, 0.5) is 23.2 Å². The van der Waals surface area contributed by atoms with Gasteiger partial charge in [0, 0.05) is 43.2 Å². The van der Waals surface area contributed by atoms with E-state index in [1.807, 2.05) is 18.2 Å². The average Bonchev–Trinajstić information content (AvgIpc) is 3.51. The molecule has 3 aliphatic rings. The van der Waals surface area contributed by atoms with Crippen molar-refractivity contribution in [1.82, 2.24) is 19.7 Å². The van der Waals surface area contributed by atoms with Crippen molar-refractivity contribution in [3.63, 3.8) is 0 Å². The molecule has 3 aliphatic heterocycles. The summed E-state index contributed by atoms with van der Waals surface area (Å²) in [5.41, 5.74) is 0.833. The first kappa shape index (κ1) is 24.6. The fourth-order valence-corrected chi connectivity index (χ4v) is 5.94. The Bertz CT molecular complexity index is 1300. The number of hydrogen-bond acceptors (Lipinski definition) is 5. The number of benzene rings is 2. The minimum absolute atomic E-state index is 0.0113. The molecular weight excluding hydrogens is 510 g/mol.